The zero-order chi connectivity index (χ0) is 13.7. The molecule has 0 radical (unpaired) electrons. The van der Waals surface area contributed by atoms with E-state index < -0.39 is 0 Å². The highest BCUT2D eigenvalue weighted by Gasteiger charge is 2.10. The fourth-order valence-corrected chi connectivity index (χ4v) is 2.67. The Hall–Kier alpha value is -1.33. The van der Waals surface area contributed by atoms with Gasteiger partial charge in [-0.3, -0.25) is 0 Å². The van der Waals surface area contributed by atoms with Crippen LogP contribution < -0.4 is 9.47 Å². The molecule has 0 saturated heterocycles. The van der Waals surface area contributed by atoms with E-state index in [1.807, 2.05) is 18.2 Å². The Kier molecular flexibility index (Phi) is 4.99. The van der Waals surface area contributed by atoms with Gasteiger partial charge in [0.1, 0.15) is 10.0 Å². The number of rotatable bonds is 6. The van der Waals surface area contributed by atoms with Crippen LogP contribution in [0.4, 0.5) is 0 Å². The quantitative estimate of drug-likeness (QED) is 0.767. The largest absolute Gasteiger partial charge is 0.493 e. The molecule has 1 aromatic carbocycles. The van der Waals surface area contributed by atoms with Crippen LogP contribution in [0.3, 0.4) is 0 Å². The number of hydrogen-bond donors (Lipinski definition) is 0. The van der Waals surface area contributed by atoms with Crippen molar-refractivity contribution in [2.45, 2.75) is 12.8 Å². The first-order valence-corrected chi connectivity index (χ1v) is 7.24. The van der Waals surface area contributed by atoms with Crippen molar-refractivity contribution in [2.75, 3.05) is 20.1 Å². The molecule has 0 aliphatic rings. The van der Waals surface area contributed by atoms with Gasteiger partial charge in [0.05, 0.1) is 14.2 Å². The van der Waals surface area contributed by atoms with Crippen molar-refractivity contribution in [2.24, 2.45) is 0 Å². The van der Waals surface area contributed by atoms with Gasteiger partial charge in [0.15, 0.2) is 11.5 Å². The molecule has 0 aliphatic heterocycles. The zero-order valence-electron chi connectivity index (χ0n) is 10.9. The first kappa shape index (κ1) is 14.1. The molecule has 0 bridgehead atoms. The molecular weight excluding hydrogens is 284 g/mol. The number of alkyl halides is 1. The van der Waals surface area contributed by atoms with E-state index in [1.165, 1.54) is 0 Å². The van der Waals surface area contributed by atoms with Gasteiger partial charge in [0, 0.05) is 17.9 Å². The zero-order valence-corrected chi connectivity index (χ0v) is 12.4. The maximum atomic E-state index is 5.67. The molecule has 0 fully saturated rings. The summed E-state index contributed by atoms with van der Waals surface area (Å²) in [6.45, 7) is 0. The maximum Gasteiger partial charge on any atom is 0.161 e. The van der Waals surface area contributed by atoms with Crippen LogP contribution in [0.15, 0.2) is 18.2 Å². The standard InChI is InChI=1S/C13H15ClN2O2S/c1-17-10-6-5-9(8-11(10)18-2)13-16-15-12(19-13)4-3-7-14/h5-6,8H,3-4,7H2,1-2H3. The lowest BCUT2D eigenvalue weighted by atomic mass is 10.2. The lowest BCUT2D eigenvalue weighted by Crippen LogP contribution is -1.90. The lowest BCUT2D eigenvalue weighted by molar-refractivity contribution is 0.355. The second-order valence-electron chi connectivity index (χ2n) is 3.86. The van der Waals surface area contributed by atoms with E-state index in [4.69, 9.17) is 21.1 Å². The van der Waals surface area contributed by atoms with Crippen LogP contribution in [0.5, 0.6) is 11.5 Å². The van der Waals surface area contributed by atoms with Crippen LogP contribution in [-0.2, 0) is 6.42 Å². The summed E-state index contributed by atoms with van der Waals surface area (Å²) >= 11 is 7.26. The Balaban J connectivity index is 2.23. The molecule has 0 amide bonds. The molecule has 2 aromatic rings. The number of halogens is 1. The van der Waals surface area contributed by atoms with Crippen LogP contribution in [0, 0.1) is 0 Å². The molecule has 6 heteroatoms. The van der Waals surface area contributed by atoms with E-state index in [0.717, 1.165) is 28.4 Å². The number of aromatic nitrogens is 2. The van der Waals surface area contributed by atoms with Crippen molar-refractivity contribution in [3.05, 3.63) is 23.2 Å². The summed E-state index contributed by atoms with van der Waals surface area (Å²) in [4.78, 5) is 0. The Bertz CT molecular complexity index is 545. The lowest BCUT2D eigenvalue weighted by Gasteiger charge is -2.07. The molecule has 19 heavy (non-hydrogen) atoms. The number of methoxy groups -OCH3 is 2. The minimum Gasteiger partial charge on any atom is -0.493 e. The molecule has 0 aliphatic carbocycles. The first-order chi connectivity index (χ1) is 9.28. The normalized spacial score (nSPS) is 10.5. The highest BCUT2D eigenvalue weighted by atomic mass is 35.5. The topological polar surface area (TPSA) is 44.2 Å². The Morgan fingerprint density at radius 1 is 1.16 bits per heavy atom. The molecular formula is C13H15ClN2O2S. The summed E-state index contributed by atoms with van der Waals surface area (Å²) in [5, 5.41) is 10.3. The van der Waals surface area contributed by atoms with E-state index in [1.54, 1.807) is 25.6 Å². The average Bonchev–Trinajstić information content (AvgIpc) is 2.93. The number of ether oxygens (including phenoxy) is 2. The third-order valence-corrected chi connectivity index (χ3v) is 3.92. The SMILES string of the molecule is COc1ccc(-c2nnc(CCCCl)s2)cc1OC. The molecule has 0 spiro atoms. The molecule has 102 valence electrons. The van der Waals surface area contributed by atoms with E-state index >= 15 is 0 Å². The van der Waals surface area contributed by atoms with Gasteiger partial charge < -0.3 is 9.47 Å². The minimum absolute atomic E-state index is 0.644. The summed E-state index contributed by atoms with van der Waals surface area (Å²) < 4.78 is 10.5. The number of benzene rings is 1. The van der Waals surface area contributed by atoms with Crippen LogP contribution in [0.1, 0.15) is 11.4 Å². The van der Waals surface area contributed by atoms with Crippen LogP contribution in [0.25, 0.3) is 10.6 Å². The second-order valence-corrected chi connectivity index (χ2v) is 5.30. The van der Waals surface area contributed by atoms with Crippen LogP contribution in [-0.4, -0.2) is 30.3 Å². The molecule has 1 aromatic heterocycles. The van der Waals surface area contributed by atoms with Crippen molar-refractivity contribution < 1.29 is 9.47 Å². The molecule has 0 atom stereocenters. The van der Waals surface area contributed by atoms with Gasteiger partial charge in [0.25, 0.3) is 0 Å². The Morgan fingerprint density at radius 2 is 1.95 bits per heavy atom. The number of hydrogen-bond acceptors (Lipinski definition) is 5. The second kappa shape index (κ2) is 6.73. The smallest absolute Gasteiger partial charge is 0.161 e. The van der Waals surface area contributed by atoms with Gasteiger partial charge in [0.2, 0.25) is 0 Å². The van der Waals surface area contributed by atoms with E-state index in [0.29, 0.717) is 17.4 Å². The molecule has 0 unspecified atom stereocenters. The fourth-order valence-electron chi connectivity index (χ4n) is 1.66. The average molecular weight is 299 g/mol. The van der Waals surface area contributed by atoms with Crippen molar-refractivity contribution in [3.63, 3.8) is 0 Å². The Morgan fingerprint density at radius 3 is 2.63 bits per heavy atom. The highest BCUT2D eigenvalue weighted by Crippen LogP contribution is 2.33. The number of nitrogens with zero attached hydrogens (tertiary/aromatic N) is 2. The molecule has 4 nitrogen and oxygen atoms in total. The first-order valence-electron chi connectivity index (χ1n) is 5.89. The summed E-state index contributed by atoms with van der Waals surface area (Å²) in [6.07, 6.45) is 1.79. The van der Waals surface area contributed by atoms with Gasteiger partial charge in [-0.05, 0) is 24.6 Å². The van der Waals surface area contributed by atoms with Gasteiger partial charge in [-0.25, -0.2) is 0 Å². The predicted molar refractivity (Wildman–Crippen MR) is 77.5 cm³/mol. The van der Waals surface area contributed by atoms with Gasteiger partial charge in [-0.2, -0.15) is 0 Å². The van der Waals surface area contributed by atoms with E-state index in [9.17, 15) is 0 Å². The van der Waals surface area contributed by atoms with Crippen molar-refractivity contribution in [1.82, 2.24) is 10.2 Å². The van der Waals surface area contributed by atoms with Crippen LogP contribution in [0.2, 0.25) is 0 Å². The third-order valence-electron chi connectivity index (χ3n) is 2.62. The summed E-state index contributed by atoms with van der Waals surface area (Å²) in [5.41, 5.74) is 0.979. The van der Waals surface area contributed by atoms with Crippen LogP contribution >= 0.6 is 22.9 Å². The third kappa shape index (κ3) is 3.36. The maximum absolute atomic E-state index is 5.67. The highest BCUT2D eigenvalue weighted by molar-refractivity contribution is 7.14. The monoisotopic (exact) mass is 298 g/mol. The van der Waals surface area contributed by atoms with E-state index in [2.05, 4.69) is 10.2 Å². The van der Waals surface area contributed by atoms with Crippen molar-refractivity contribution in [3.8, 4) is 22.1 Å². The Labute approximate surface area is 121 Å². The molecule has 1 heterocycles. The van der Waals surface area contributed by atoms with Crippen molar-refractivity contribution in [1.29, 1.82) is 0 Å². The molecule has 0 N–H and O–H groups in total. The predicted octanol–water partition coefficient (Wildman–Crippen LogP) is 3.39. The summed E-state index contributed by atoms with van der Waals surface area (Å²) in [6, 6.07) is 5.73. The summed E-state index contributed by atoms with van der Waals surface area (Å²) in [5.74, 6) is 2.04. The van der Waals surface area contributed by atoms with Gasteiger partial charge in [-0.15, -0.1) is 21.8 Å². The van der Waals surface area contributed by atoms with E-state index in [-0.39, 0.29) is 0 Å². The van der Waals surface area contributed by atoms with Gasteiger partial charge in [-0.1, -0.05) is 11.3 Å². The van der Waals surface area contributed by atoms with Crippen molar-refractivity contribution >= 4 is 22.9 Å². The molecule has 0 saturated carbocycles. The molecule has 2 rings (SSSR count). The minimum atomic E-state index is 0.644. The number of aryl methyl sites for hydroxylation is 1. The van der Waals surface area contributed by atoms with Gasteiger partial charge >= 0.3 is 0 Å². The summed E-state index contributed by atoms with van der Waals surface area (Å²) in [7, 11) is 3.24. The fraction of sp³-hybridized carbons (Fsp3) is 0.385.